The first-order valence-corrected chi connectivity index (χ1v) is 10.8. The predicted molar refractivity (Wildman–Crippen MR) is 112 cm³/mol. The minimum Gasteiger partial charge on any atom is -0.358 e. The number of hydrogen-bond acceptors (Lipinski definition) is 5. The summed E-state index contributed by atoms with van der Waals surface area (Å²) in [6, 6.07) is 11.2. The molecule has 2 atom stereocenters. The first-order chi connectivity index (χ1) is 12.5. The first-order valence-electron chi connectivity index (χ1n) is 8.48. The predicted octanol–water partition coefficient (Wildman–Crippen LogP) is 2.20. The minimum atomic E-state index is -3.91. The maximum absolute atomic E-state index is 11.8. The van der Waals surface area contributed by atoms with Crippen molar-refractivity contribution >= 4 is 31.7 Å². The van der Waals surface area contributed by atoms with E-state index in [9.17, 15) is 18.0 Å². The SMILES string of the molecule is [CH2-]C(=O)NS(=O)(=O)Cl.[CH2-]CC(=O)N1CC(C)N(Cc2ccccc2)CC1C.[CH3-].[Y+3]. The second-order valence-electron chi connectivity index (χ2n) is 6.37. The number of nitrogens with one attached hydrogen (secondary N) is 1. The summed E-state index contributed by atoms with van der Waals surface area (Å²) >= 11 is 0. The van der Waals surface area contributed by atoms with E-state index in [0.717, 1.165) is 19.6 Å². The molecule has 0 aliphatic carbocycles. The van der Waals surface area contributed by atoms with Gasteiger partial charge in [-0.05, 0) is 19.4 Å². The first kappa shape index (κ1) is 30.5. The number of benzene rings is 1. The molecule has 1 fully saturated rings. The third-order valence-corrected chi connectivity index (χ3v) is 4.82. The van der Waals surface area contributed by atoms with E-state index in [-0.39, 0.29) is 52.1 Å². The molecule has 10 heteroatoms. The van der Waals surface area contributed by atoms with E-state index in [2.05, 4.69) is 67.5 Å². The molecule has 160 valence electrons. The topological polar surface area (TPSA) is 86.8 Å². The maximum Gasteiger partial charge on any atom is 3.00 e. The van der Waals surface area contributed by atoms with E-state index >= 15 is 0 Å². The van der Waals surface area contributed by atoms with Gasteiger partial charge in [-0.3, -0.25) is 14.4 Å². The van der Waals surface area contributed by atoms with Gasteiger partial charge in [-0.2, -0.15) is 8.42 Å². The van der Waals surface area contributed by atoms with Gasteiger partial charge in [0.05, 0.1) is 5.91 Å². The van der Waals surface area contributed by atoms with E-state index < -0.39 is 15.1 Å². The molecule has 1 aromatic rings. The number of rotatable bonds is 4. The van der Waals surface area contributed by atoms with Crippen LogP contribution in [0.3, 0.4) is 0 Å². The molecule has 1 N–H and O–H groups in total. The van der Waals surface area contributed by atoms with Crippen LogP contribution in [0.2, 0.25) is 0 Å². The Morgan fingerprint density at radius 1 is 1.17 bits per heavy atom. The average molecular weight is 520 g/mol. The summed E-state index contributed by atoms with van der Waals surface area (Å²) in [6.45, 7) is 13.4. The number of carbonyl (C=O) groups excluding carboxylic acids is 2. The molecular formula is C19H29ClN3O4SY. The van der Waals surface area contributed by atoms with Crippen molar-refractivity contribution in [3.05, 3.63) is 57.2 Å². The summed E-state index contributed by atoms with van der Waals surface area (Å²) in [7, 11) is 0.615. The van der Waals surface area contributed by atoms with Gasteiger partial charge in [0.15, 0.2) is 5.91 Å². The molecule has 0 spiro atoms. The fraction of sp³-hybridized carbons (Fsp3) is 0.421. The molecule has 2 unspecified atom stereocenters. The molecule has 0 radical (unpaired) electrons. The van der Waals surface area contributed by atoms with Gasteiger partial charge in [0.25, 0.3) is 0 Å². The number of halogens is 1. The monoisotopic (exact) mass is 519 g/mol. The second-order valence-corrected chi connectivity index (χ2v) is 8.67. The van der Waals surface area contributed by atoms with Crippen LogP contribution in [0.15, 0.2) is 30.3 Å². The van der Waals surface area contributed by atoms with Gasteiger partial charge in [-0.25, -0.2) is 0 Å². The summed E-state index contributed by atoms with van der Waals surface area (Å²) in [4.78, 5) is 26.0. The minimum absolute atomic E-state index is 0. The molecule has 1 aromatic carbocycles. The Morgan fingerprint density at radius 3 is 2.14 bits per heavy atom. The maximum atomic E-state index is 11.8. The van der Waals surface area contributed by atoms with E-state index in [1.54, 1.807) is 0 Å². The van der Waals surface area contributed by atoms with E-state index in [0.29, 0.717) is 12.5 Å². The fourth-order valence-electron chi connectivity index (χ4n) is 2.86. The van der Waals surface area contributed by atoms with Gasteiger partial charge in [0.1, 0.15) is 0 Å². The molecule has 2 amide bonds. The second kappa shape index (κ2) is 14.4. The average Bonchev–Trinajstić information content (AvgIpc) is 2.56. The summed E-state index contributed by atoms with van der Waals surface area (Å²) in [6.07, 6.45) is 0.357. The van der Waals surface area contributed by atoms with E-state index in [1.807, 2.05) is 11.0 Å². The Morgan fingerprint density at radius 2 is 1.72 bits per heavy atom. The Kier molecular flexibility index (Phi) is 15.1. The van der Waals surface area contributed by atoms with Gasteiger partial charge >= 0.3 is 41.9 Å². The zero-order valence-electron chi connectivity index (χ0n) is 17.2. The van der Waals surface area contributed by atoms with Crippen molar-refractivity contribution < 1.29 is 50.7 Å². The summed E-state index contributed by atoms with van der Waals surface area (Å²) in [5.74, 6) is -0.779. The Hall–Kier alpha value is -0.666. The smallest absolute Gasteiger partial charge is 0.358 e. The van der Waals surface area contributed by atoms with E-state index in [4.69, 9.17) is 0 Å². The molecule has 1 saturated heterocycles. The normalized spacial score (nSPS) is 19.0. The summed E-state index contributed by atoms with van der Waals surface area (Å²) < 4.78 is 21.0. The Bertz CT molecular complexity index is 734. The van der Waals surface area contributed by atoms with Crippen LogP contribution < -0.4 is 4.72 Å². The molecule has 0 bridgehead atoms. The molecule has 1 heterocycles. The molecular weight excluding hydrogens is 491 g/mol. The van der Waals surface area contributed by atoms with Gasteiger partial charge in [0.2, 0.25) is 0 Å². The summed E-state index contributed by atoms with van der Waals surface area (Å²) in [5.41, 5.74) is 1.33. The van der Waals surface area contributed by atoms with Crippen LogP contribution in [0.25, 0.3) is 0 Å². The molecule has 1 aliphatic rings. The number of hydrogen-bond donors (Lipinski definition) is 1. The third-order valence-electron chi connectivity index (χ3n) is 4.11. The quantitative estimate of drug-likeness (QED) is 0.487. The van der Waals surface area contributed by atoms with Crippen molar-refractivity contribution in [2.75, 3.05) is 13.1 Å². The Balaban J connectivity index is 0. The van der Waals surface area contributed by atoms with Gasteiger partial charge in [-0.1, -0.05) is 30.3 Å². The number of piperazine rings is 1. The van der Waals surface area contributed by atoms with Crippen LogP contribution in [-0.4, -0.2) is 55.2 Å². The number of amides is 2. The van der Waals surface area contributed by atoms with Crippen LogP contribution in [0.1, 0.15) is 25.8 Å². The van der Waals surface area contributed by atoms with Crippen LogP contribution in [0.5, 0.6) is 0 Å². The van der Waals surface area contributed by atoms with Crippen molar-refractivity contribution in [1.82, 2.24) is 14.5 Å². The van der Waals surface area contributed by atoms with E-state index in [1.165, 1.54) is 10.3 Å². The number of carbonyl (C=O) groups is 2. The van der Waals surface area contributed by atoms with Gasteiger partial charge in [0, 0.05) is 42.4 Å². The molecule has 29 heavy (non-hydrogen) atoms. The Labute approximate surface area is 205 Å². The molecule has 2 rings (SSSR count). The van der Waals surface area contributed by atoms with Crippen molar-refractivity contribution in [3.63, 3.8) is 0 Å². The van der Waals surface area contributed by atoms with Crippen molar-refractivity contribution in [2.24, 2.45) is 0 Å². The zero-order valence-corrected chi connectivity index (χ0v) is 21.6. The van der Waals surface area contributed by atoms with Gasteiger partial charge < -0.3 is 31.0 Å². The van der Waals surface area contributed by atoms with Crippen LogP contribution in [0.4, 0.5) is 0 Å². The van der Waals surface area contributed by atoms with Gasteiger partial charge in [-0.15, -0.1) is 6.42 Å². The molecule has 0 aromatic heterocycles. The fourth-order valence-corrected chi connectivity index (χ4v) is 3.39. The van der Waals surface area contributed by atoms with Crippen LogP contribution in [0, 0.1) is 21.3 Å². The van der Waals surface area contributed by atoms with Crippen molar-refractivity contribution in [3.8, 4) is 0 Å². The van der Waals surface area contributed by atoms with Crippen LogP contribution >= 0.6 is 10.7 Å². The van der Waals surface area contributed by atoms with Crippen molar-refractivity contribution in [1.29, 1.82) is 0 Å². The zero-order chi connectivity index (χ0) is 20.6. The van der Waals surface area contributed by atoms with Crippen molar-refractivity contribution in [2.45, 2.75) is 38.9 Å². The molecule has 1 aliphatic heterocycles. The number of nitrogens with zero attached hydrogens (tertiary/aromatic N) is 2. The molecule has 0 saturated carbocycles. The third kappa shape index (κ3) is 11.9. The largest absolute Gasteiger partial charge is 3.00 e. The standard InChI is InChI=1S/C16H23N2O.C2H3ClNO3S.CH3.Y/c1-4-16(19)18-11-13(2)17(10-14(18)3)12-15-8-6-5-7-9-15;1-2(5)4-8(3,6)7;;/h5-9,13-14H,1,4,10-12H2,2-3H3;1H2,(H,4,5);1H3;/q3*-1;+3. The van der Waals surface area contributed by atoms with Crippen LogP contribution in [-0.2, 0) is 58.1 Å². The molecule has 7 nitrogen and oxygen atoms in total. The summed E-state index contributed by atoms with van der Waals surface area (Å²) in [5, 5.41) is 0.